The van der Waals surface area contributed by atoms with Crippen LogP contribution in [-0.4, -0.2) is 42.1 Å². The van der Waals surface area contributed by atoms with Crippen molar-refractivity contribution in [2.45, 2.75) is 83.8 Å². The smallest absolute Gasteiger partial charge is 0.410 e. The molecular formula is C20H36NO6P. The summed E-state index contributed by atoms with van der Waals surface area (Å²) in [7, 11) is -3.14. The van der Waals surface area contributed by atoms with Gasteiger partial charge < -0.3 is 19.7 Å². The van der Waals surface area contributed by atoms with E-state index in [1.165, 1.54) is 13.3 Å². The minimum atomic E-state index is -3.14. The van der Waals surface area contributed by atoms with Crippen LogP contribution in [-0.2, 0) is 18.8 Å². The van der Waals surface area contributed by atoms with Gasteiger partial charge in [0.2, 0.25) is 13.7 Å². The Morgan fingerprint density at radius 1 is 1.04 bits per heavy atom. The minimum Gasteiger partial charge on any atom is -0.425 e. The summed E-state index contributed by atoms with van der Waals surface area (Å²) in [5, 5.41) is 2.56. The Morgan fingerprint density at radius 2 is 1.64 bits per heavy atom. The maximum atomic E-state index is 12.3. The number of ether oxygens (including phenoxy) is 2. The fourth-order valence-corrected chi connectivity index (χ4v) is 6.20. The highest BCUT2D eigenvalue weighted by Gasteiger charge is 2.26. The summed E-state index contributed by atoms with van der Waals surface area (Å²) in [6.45, 7) is 1.78. The summed E-state index contributed by atoms with van der Waals surface area (Å²) in [6.07, 6.45) is 9.92. The van der Waals surface area contributed by atoms with Crippen molar-refractivity contribution in [3.05, 3.63) is 0 Å². The first-order chi connectivity index (χ1) is 13.4. The fourth-order valence-electron chi connectivity index (χ4n) is 4.20. The number of nitrogens with one attached hydrogen (secondary N) is 1. The van der Waals surface area contributed by atoms with Gasteiger partial charge in [-0.1, -0.05) is 38.5 Å². The normalized spacial score (nSPS) is 22.1. The second kappa shape index (κ2) is 11.8. The molecule has 2 fully saturated rings. The van der Waals surface area contributed by atoms with Crippen LogP contribution >= 0.6 is 7.37 Å². The van der Waals surface area contributed by atoms with E-state index in [4.69, 9.17) is 9.47 Å². The molecule has 0 heterocycles. The molecule has 0 bridgehead atoms. The van der Waals surface area contributed by atoms with Crippen LogP contribution in [0.4, 0.5) is 4.79 Å². The maximum Gasteiger partial charge on any atom is 0.410 e. The average Bonchev–Trinajstić information content (AvgIpc) is 2.66. The van der Waals surface area contributed by atoms with Crippen molar-refractivity contribution in [1.82, 2.24) is 5.32 Å². The maximum absolute atomic E-state index is 12.3. The molecule has 2 unspecified atom stereocenters. The van der Waals surface area contributed by atoms with E-state index >= 15 is 0 Å². The Balaban J connectivity index is 1.57. The molecule has 0 aromatic carbocycles. The van der Waals surface area contributed by atoms with Crippen LogP contribution in [0.2, 0.25) is 0 Å². The summed E-state index contributed by atoms with van der Waals surface area (Å²) in [4.78, 5) is 34.0. The van der Waals surface area contributed by atoms with Crippen molar-refractivity contribution in [2.24, 2.45) is 11.8 Å². The van der Waals surface area contributed by atoms with E-state index in [1.807, 2.05) is 0 Å². The van der Waals surface area contributed by atoms with E-state index < -0.39 is 19.8 Å². The van der Waals surface area contributed by atoms with Crippen molar-refractivity contribution < 1.29 is 28.5 Å². The highest BCUT2D eigenvalue weighted by atomic mass is 31.2. The number of alkyl carbamates (subject to hydrolysis) is 1. The second-order valence-corrected chi connectivity index (χ2v) is 10.8. The molecule has 28 heavy (non-hydrogen) atoms. The van der Waals surface area contributed by atoms with Crippen LogP contribution < -0.4 is 5.32 Å². The predicted octanol–water partition coefficient (Wildman–Crippen LogP) is 4.42. The lowest BCUT2D eigenvalue weighted by Crippen LogP contribution is -2.32. The molecule has 0 aromatic heterocycles. The van der Waals surface area contributed by atoms with Gasteiger partial charge in [-0.3, -0.25) is 9.36 Å². The Bertz CT molecular complexity index is 543. The molecule has 0 saturated heterocycles. The Morgan fingerprint density at radius 3 is 2.29 bits per heavy atom. The summed E-state index contributed by atoms with van der Waals surface area (Å²) in [5.41, 5.74) is 0. The van der Waals surface area contributed by atoms with Crippen molar-refractivity contribution >= 4 is 19.4 Å². The standard InChI is InChI=1S/C20H36NO6P/c1-16(26-19(22)18-11-6-3-7-12-18)27-20(23)21-13-8-14-28(24,25)15-17-9-4-2-5-10-17/h16-18H,2-15H2,1H3,(H,21,23)(H,24,25). The first kappa shape index (κ1) is 23.2. The molecule has 8 heteroatoms. The third-order valence-corrected chi connectivity index (χ3v) is 7.82. The third kappa shape index (κ3) is 8.95. The Kier molecular flexibility index (Phi) is 9.80. The molecule has 0 radical (unpaired) electrons. The first-order valence-corrected chi connectivity index (χ1v) is 12.8. The van der Waals surface area contributed by atoms with Crippen LogP contribution in [0.1, 0.15) is 77.6 Å². The molecule has 2 N–H and O–H groups in total. The minimum absolute atomic E-state index is 0.0919. The van der Waals surface area contributed by atoms with E-state index in [9.17, 15) is 19.0 Å². The quantitative estimate of drug-likeness (QED) is 0.249. The summed E-state index contributed by atoms with van der Waals surface area (Å²) < 4.78 is 22.6. The van der Waals surface area contributed by atoms with Crippen molar-refractivity contribution in [2.75, 3.05) is 18.9 Å². The number of carbonyl (C=O) groups excluding carboxylic acids is 2. The zero-order chi connectivity index (χ0) is 20.4. The lowest BCUT2D eigenvalue weighted by Gasteiger charge is -2.24. The molecule has 2 aliphatic carbocycles. The number of carbonyl (C=O) groups is 2. The number of esters is 1. The molecule has 1 amide bonds. The number of amides is 1. The average molecular weight is 417 g/mol. The van der Waals surface area contributed by atoms with E-state index in [-0.39, 0.29) is 24.6 Å². The van der Waals surface area contributed by atoms with E-state index in [0.717, 1.165) is 57.8 Å². The van der Waals surface area contributed by atoms with Crippen LogP contribution in [0.15, 0.2) is 0 Å². The van der Waals surface area contributed by atoms with E-state index in [0.29, 0.717) is 18.5 Å². The topological polar surface area (TPSA) is 102 Å². The fraction of sp³-hybridized carbons (Fsp3) is 0.900. The van der Waals surface area contributed by atoms with E-state index in [2.05, 4.69) is 5.32 Å². The zero-order valence-electron chi connectivity index (χ0n) is 17.1. The molecule has 0 aromatic rings. The molecule has 0 aliphatic heterocycles. The molecule has 162 valence electrons. The second-order valence-electron chi connectivity index (χ2n) is 8.28. The van der Waals surface area contributed by atoms with Crippen molar-refractivity contribution in [3.63, 3.8) is 0 Å². The van der Waals surface area contributed by atoms with Crippen LogP contribution in [0, 0.1) is 11.8 Å². The van der Waals surface area contributed by atoms with Crippen LogP contribution in [0.5, 0.6) is 0 Å². The molecule has 2 aliphatic rings. The van der Waals surface area contributed by atoms with Gasteiger partial charge in [0.05, 0.1) is 5.92 Å². The first-order valence-electron chi connectivity index (χ1n) is 10.8. The van der Waals surface area contributed by atoms with Gasteiger partial charge >= 0.3 is 12.1 Å². The number of hydrogen-bond donors (Lipinski definition) is 2. The van der Waals surface area contributed by atoms with Gasteiger partial charge in [-0.15, -0.1) is 0 Å². The SMILES string of the molecule is CC(OC(=O)NCCCP(=O)(O)CC1CCCCC1)OC(=O)C1CCCCC1. The summed E-state index contributed by atoms with van der Waals surface area (Å²) in [5.74, 6) is -0.0307. The Hall–Kier alpha value is -1.07. The molecular weight excluding hydrogens is 381 g/mol. The van der Waals surface area contributed by atoms with Gasteiger partial charge in [0.15, 0.2) is 0 Å². The molecule has 2 atom stereocenters. The van der Waals surface area contributed by atoms with E-state index in [1.54, 1.807) is 0 Å². The molecule has 2 rings (SSSR count). The summed E-state index contributed by atoms with van der Waals surface area (Å²) in [6, 6.07) is 0. The number of rotatable bonds is 9. The Labute approximate surface area is 168 Å². The molecule has 0 spiro atoms. The van der Waals surface area contributed by atoms with Crippen LogP contribution in [0.3, 0.4) is 0 Å². The monoisotopic (exact) mass is 417 g/mol. The largest absolute Gasteiger partial charge is 0.425 e. The van der Waals surface area contributed by atoms with Gasteiger partial charge in [0.25, 0.3) is 0 Å². The van der Waals surface area contributed by atoms with Gasteiger partial charge in [-0.2, -0.15) is 0 Å². The third-order valence-electron chi connectivity index (χ3n) is 5.72. The highest BCUT2D eigenvalue weighted by Crippen LogP contribution is 2.45. The molecule has 7 nitrogen and oxygen atoms in total. The lowest BCUT2D eigenvalue weighted by molar-refractivity contribution is -0.170. The molecule has 2 saturated carbocycles. The summed E-state index contributed by atoms with van der Waals surface area (Å²) >= 11 is 0. The van der Waals surface area contributed by atoms with Crippen molar-refractivity contribution in [1.29, 1.82) is 0 Å². The lowest BCUT2D eigenvalue weighted by atomic mass is 9.89. The van der Waals surface area contributed by atoms with Crippen LogP contribution in [0.25, 0.3) is 0 Å². The highest BCUT2D eigenvalue weighted by molar-refractivity contribution is 7.57. The number of hydrogen-bond acceptors (Lipinski definition) is 5. The van der Waals surface area contributed by atoms with Gasteiger partial charge in [-0.25, -0.2) is 4.79 Å². The van der Waals surface area contributed by atoms with Gasteiger partial charge in [0.1, 0.15) is 0 Å². The predicted molar refractivity (Wildman–Crippen MR) is 107 cm³/mol. The van der Waals surface area contributed by atoms with Gasteiger partial charge in [-0.05, 0) is 38.0 Å². The van der Waals surface area contributed by atoms with Gasteiger partial charge in [0, 0.05) is 25.8 Å². The van der Waals surface area contributed by atoms with Crippen molar-refractivity contribution in [3.8, 4) is 0 Å². The zero-order valence-corrected chi connectivity index (χ0v) is 18.0.